The molecule has 2 N–H and O–H groups in total. The van der Waals surface area contributed by atoms with Crippen molar-refractivity contribution in [3.05, 3.63) is 58.7 Å². The van der Waals surface area contributed by atoms with Crippen molar-refractivity contribution in [3.8, 4) is 0 Å². The Morgan fingerprint density at radius 3 is 1.46 bits per heavy atom. The molecule has 0 radical (unpaired) electrons. The van der Waals surface area contributed by atoms with E-state index in [1.54, 1.807) is 22.3 Å². The van der Waals surface area contributed by atoms with E-state index in [2.05, 4.69) is 109 Å². The molecule has 240 valence electrons. The van der Waals surface area contributed by atoms with E-state index in [0.29, 0.717) is 22.4 Å². The van der Waals surface area contributed by atoms with Crippen LogP contribution in [-0.4, -0.2) is 35.5 Å². The van der Waals surface area contributed by atoms with Crippen LogP contribution in [-0.2, 0) is 39.2 Å². The van der Waals surface area contributed by atoms with Gasteiger partial charge in [0.25, 0.3) is 0 Å². The molecule has 2 saturated heterocycles. The third-order valence-electron chi connectivity index (χ3n) is 8.97. The van der Waals surface area contributed by atoms with E-state index in [1.807, 2.05) is 30.3 Å². The predicted octanol–water partition coefficient (Wildman–Crippen LogP) is 9.56. The van der Waals surface area contributed by atoms with E-state index in [1.165, 1.54) is 31.8 Å². The van der Waals surface area contributed by atoms with Crippen LogP contribution in [0.1, 0.15) is 131 Å². The van der Waals surface area contributed by atoms with Crippen LogP contribution >= 0.6 is 17.2 Å². The van der Waals surface area contributed by atoms with Crippen LogP contribution in [0.15, 0.2) is 36.4 Å². The molecule has 2 nitrogen and oxygen atoms in total. The topological polar surface area (TPSA) is 24.1 Å². The van der Waals surface area contributed by atoms with Gasteiger partial charge in [-0.25, -0.2) is 6.07 Å². The summed E-state index contributed by atoms with van der Waals surface area (Å²) in [6.07, 6.45) is 6.34. The minimum atomic E-state index is -0.243. The first-order valence-electron chi connectivity index (χ1n) is 15.8. The van der Waals surface area contributed by atoms with Crippen LogP contribution in [0.25, 0.3) is 0 Å². The Bertz CT molecular complexity index is 998. The molecule has 2 aromatic rings. The van der Waals surface area contributed by atoms with Gasteiger partial charge in [-0.15, -0.1) is 22.7 Å². The van der Waals surface area contributed by atoms with Gasteiger partial charge in [0.05, 0.1) is 0 Å². The molecule has 0 saturated carbocycles. The zero-order valence-electron chi connectivity index (χ0n) is 28.4. The molecule has 3 unspecified atom stereocenters. The normalized spacial score (nSPS) is 21.8. The maximum absolute atomic E-state index is 3.96. The molecule has 3 atom stereocenters. The molecule has 0 aliphatic carbocycles. The molecule has 0 bridgehead atoms. The van der Waals surface area contributed by atoms with Crippen LogP contribution in [0.3, 0.4) is 0 Å². The second kappa shape index (κ2) is 14.0. The largest absolute Gasteiger partial charge is 0.748 e. The molecule has 5 heteroatoms. The summed E-state index contributed by atoms with van der Waals surface area (Å²) >= 11 is 0. The summed E-state index contributed by atoms with van der Waals surface area (Å²) in [5.74, 6) is 0. The average Bonchev–Trinajstić information content (AvgIpc) is 3.62. The monoisotopic (exact) mass is 640 g/mol. The van der Waals surface area contributed by atoms with E-state index in [4.69, 9.17) is 0 Å². The fourth-order valence-electron chi connectivity index (χ4n) is 7.36. The Morgan fingerprint density at radius 2 is 1.17 bits per heavy atom. The van der Waals surface area contributed by atoms with Gasteiger partial charge >= 0.3 is 0 Å². The van der Waals surface area contributed by atoms with Gasteiger partial charge in [0, 0.05) is 34.3 Å². The van der Waals surface area contributed by atoms with E-state index in [-0.39, 0.29) is 41.0 Å². The van der Waals surface area contributed by atoms with Gasteiger partial charge in [-0.1, -0.05) is 94.7 Å². The Labute approximate surface area is 268 Å². The van der Waals surface area contributed by atoms with Crippen molar-refractivity contribution in [2.24, 2.45) is 0 Å². The van der Waals surface area contributed by atoms with Gasteiger partial charge in [0.2, 0.25) is 0 Å². The molecule has 2 aliphatic rings. The molecular formula is C36H62FeN2P2-6. The fraction of sp³-hybridized carbons (Fsp3) is 0.722. The van der Waals surface area contributed by atoms with Gasteiger partial charge in [-0.3, -0.25) is 0 Å². The minimum Gasteiger partial charge on any atom is -0.748 e. The molecule has 2 aliphatic heterocycles. The molecule has 4 rings (SSSR count). The molecule has 2 fully saturated rings. The van der Waals surface area contributed by atoms with Gasteiger partial charge < -0.3 is 41.0 Å². The van der Waals surface area contributed by atoms with Gasteiger partial charge in [-0.2, -0.15) is 16.7 Å². The SMILES string of the molecule is CC(C)(C)c1cc(C(P)(C2CCCN2)C2CCCN2)[c-](CP(C(C)(C)C)C(C)(C)C)c1C(C)(C)C.[Fe].[cH-]1[cH-][cH-][cH-][cH-]1. The number of nitrogens with one attached hydrogen (secondary N) is 2. The van der Waals surface area contributed by atoms with Crippen LogP contribution < -0.4 is 10.6 Å². The van der Waals surface area contributed by atoms with Crippen LogP contribution in [0.4, 0.5) is 0 Å². The first kappa shape index (κ1) is 37.2. The zero-order valence-corrected chi connectivity index (χ0v) is 31.6. The third-order valence-corrected chi connectivity index (χ3v) is 14.0. The molecule has 41 heavy (non-hydrogen) atoms. The van der Waals surface area contributed by atoms with Crippen molar-refractivity contribution >= 4 is 17.2 Å². The molecule has 0 aromatic heterocycles. The van der Waals surface area contributed by atoms with Gasteiger partial charge in [-0.05, 0) is 54.5 Å². The second-order valence-electron chi connectivity index (χ2n) is 16.4. The van der Waals surface area contributed by atoms with Crippen LogP contribution in [0.5, 0.6) is 0 Å². The maximum Gasteiger partial charge on any atom is 0.0194 e. The summed E-state index contributed by atoms with van der Waals surface area (Å²) in [6, 6.07) is 13.7. The van der Waals surface area contributed by atoms with E-state index >= 15 is 0 Å². The van der Waals surface area contributed by atoms with Crippen molar-refractivity contribution in [2.45, 2.75) is 153 Å². The molecule has 0 amide bonds. The van der Waals surface area contributed by atoms with Gasteiger partial charge in [0.1, 0.15) is 0 Å². The fourth-order valence-corrected chi connectivity index (χ4v) is 11.8. The van der Waals surface area contributed by atoms with Crippen molar-refractivity contribution in [3.63, 3.8) is 0 Å². The Hall–Kier alpha value is -0.000519. The quantitative estimate of drug-likeness (QED) is 0.193. The van der Waals surface area contributed by atoms with E-state index in [9.17, 15) is 0 Å². The van der Waals surface area contributed by atoms with Crippen molar-refractivity contribution in [1.82, 2.24) is 10.6 Å². The summed E-state index contributed by atoms with van der Waals surface area (Å²) < 4.78 is 0. The number of hydrogen-bond donors (Lipinski definition) is 2. The summed E-state index contributed by atoms with van der Waals surface area (Å²) in [7, 11) is 3.24. The van der Waals surface area contributed by atoms with Crippen LogP contribution in [0.2, 0.25) is 0 Å². The second-order valence-corrected chi connectivity index (χ2v) is 21.3. The standard InChI is InChI=1S/C31H57N2P2.C5H5.Fe/c1-27(2,3)23-19-22(31(34,24-15-13-17-32-24)25-16-14-18-33-25)21(26(23)28(4,5)6)20-35(29(7,8)9)30(10,11)12;1-2-4-5-3-1;/h19,24-25,32-33H,13-18,20,34H2,1-12H3;1-5H;/q-1;-5;. The number of rotatable bonds is 5. The van der Waals surface area contributed by atoms with E-state index < -0.39 is 0 Å². The van der Waals surface area contributed by atoms with Crippen molar-refractivity contribution in [1.29, 1.82) is 0 Å². The molecule has 2 heterocycles. The zero-order chi connectivity index (χ0) is 30.1. The minimum absolute atomic E-state index is 0. The summed E-state index contributed by atoms with van der Waals surface area (Å²) in [5.41, 5.74) is 6.79. The smallest absolute Gasteiger partial charge is 0.0194 e. The average molecular weight is 641 g/mol. The van der Waals surface area contributed by atoms with E-state index in [0.717, 1.165) is 13.1 Å². The maximum atomic E-state index is 3.96. The van der Waals surface area contributed by atoms with Crippen molar-refractivity contribution < 1.29 is 17.1 Å². The Morgan fingerprint density at radius 1 is 0.756 bits per heavy atom. The van der Waals surface area contributed by atoms with Crippen molar-refractivity contribution in [2.75, 3.05) is 13.1 Å². The van der Waals surface area contributed by atoms with Crippen LogP contribution in [0, 0.1) is 0 Å². The Balaban J connectivity index is 0.000000883. The first-order chi connectivity index (χ1) is 18.3. The molecule has 0 spiro atoms. The third kappa shape index (κ3) is 8.80. The predicted molar refractivity (Wildman–Crippen MR) is 185 cm³/mol. The summed E-state index contributed by atoms with van der Waals surface area (Å²) in [5, 5.41) is 8.57. The molecular weight excluding hydrogens is 578 g/mol. The summed E-state index contributed by atoms with van der Waals surface area (Å²) in [4.78, 5) is 0. The molecule has 2 aromatic carbocycles. The van der Waals surface area contributed by atoms with Gasteiger partial charge in [0.15, 0.2) is 0 Å². The summed E-state index contributed by atoms with van der Waals surface area (Å²) in [6.45, 7) is 31.8. The Kier molecular flexibility index (Phi) is 12.7. The number of hydrogen-bond acceptors (Lipinski definition) is 2. The first-order valence-corrected chi connectivity index (χ1v) is 17.9.